The number of carbonyl (C=O) groups excluding carboxylic acids is 2. The summed E-state index contributed by atoms with van der Waals surface area (Å²) in [5.74, 6) is -1.07. The molecule has 0 saturated heterocycles. The number of allylic oxidation sites excluding steroid dienone is 1. The average Bonchev–Trinajstić information content (AvgIpc) is 2.42. The summed E-state index contributed by atoms with van der Waals surface area (Å²) in [5.41, 5.74) is -0.803. The number of hydrogen-bond acceptors (Lipinski definition) is 5. The Morgan fingerprint density at radius 2 is 1.60 bits per heavy atom. The van der Waals surface area contributed by atoms with Gasteiger partial charge in [-0.1, -0.05) is 24.3 Å². The number of rotatable bonds is 0. The molecule has 0 spiro atoms. The third-order valence-electron chi connectivity index (χ3n) is 3.78. The van der Waals surface area contributed by atoms with Gasteiger partial charge in [0.15, 0.2) is 11.5 Å². The van der Waals surface area contributed by atoms with E-state index in [1.54, 1.807) is 32.0 Å². The summed E-state index contributed by atoms with van der Waals surface area (Å²) in [5, 5.41) is 20.2. The van der Waals surface area contributed by atoms with Crippen molar-refractivity contribution in [2.75, 3.05) is 0 Å². The maximum absolute atomic E-state index is 12.4. The Morgan fingerprint density at radius 3 is 2.20 bits per heavy atom. The summed E-state index contributed by atoms with van der Waals surface area (Å²) in [6.07, 6.45) is -2.71. The molecule has 0 amide bonds. The molecule has 104 valence electrons. The minimum atomic E-state index is -1.43. The topological polar surface area (TPSA) is 83.8 Å². The molecule has 1 aromatic carbocycles. The molecule has 0 saturated carbocycles. The first-order valence-electron chi connectivity index (χ1n) is 6.32. The van der Waals surface area contributed by atoms with Crippen LogP contribution in [0.2, 0.25) is 0 Å². The lowest BCUT2D eigenvalue weighted by molar-refractivity contribution is -0.124. The molecule has 2 aliphatic rings. The van der Waals surface area contributed by atoms with Crippen molar-refractivity contribution in [3.8, 4) is 0 Å². The molecule has 5 nitrogen and oxygen atoms in total. The molecule has 3 rings (SSSR count). The molecule has 1 aromatic rings. The summed E-state index contributed by atoms with van der Waals surface area (Å²) in [6, 6.07) is 6.38. The van der Waals surface area contributed by atoms with Crippen molar-refractivity contribution >= 4 is 11.6 Å². The van der Waals surface area contributed by atoms with E-state index >= 15 is 0 Å². The first-order valence-corrected chi connectivity index (χ1v) is 6.32. The van der Waals surface area contributed by atoms with Crippen LogP contribution in [0.25, 0.3) is 0 Å². The Kier molecular flexibility index (Phi) is 2.61. The van der Waals surface area contributed by atoms with Gasteiger partial charge in [-0.25, -0.2) is 0 Å². The van der Waals surface area contributed by atoms with Crippen molar-refractivity contribution in [1.82, 2.24) is 0 Å². The highest BCUT2D eigenvalue weighted by atomic mass is 16.5. The summed E-state index contributed by atoms with van der Waals surface area (Å²) in [4.78, 5) is 24.8. The third kappa shape index (κ3) is 1.57. The lowest BCUT2D eigenvalue weighted by atomic mass is 9.79. The van der Waals surface area contributed by atoms with Crippen LogP contribution in [0.4, 0.5) is 0 Å². The highest BCUT2D eigenvalue weighted by molar-refractivity contribution is 6.26. The molecule has 0 bridgehead atoms. The lowest BCUT2D eigenvalue weighted by Crippen LogP contribution is -2.54. The fourth-order valence-corrected chi connectivity index (χ4v) is 2.60. The van der Waals surface area contributed by atoms with Crippen LogP contribution in [0.5, 0.6) is 0 Å². The van der Waals surface area contributed by atoms with Gasteiger partial charge in [-0.3, -0.25) is 9.59 Å². The van der Waals surface area contributed by atoms with E-state index in [1.807, 2.05) is 0 Å². The van der Waals surface area contributed by atoms with Crippen LogP contribution in [0.1, 0.15) is 34.6 Å². The number of ether oxygens (including phenoxy) is 1. The first kappa shape index (κ1) is 13.0. The van der Waals surface area contributed by atoms with Crippen LogP contribution < -0.4 is 0 Å². The highest BCUT2D eigenvalue weighted by Crippen LogP contribution is 2.38. The second-order valence-corrected chi connectivity index (χ2v) is 5.54. The number of carbonyl (C=O) groups is 2. The zero-order valence-electron chi connectivity index (χ0n) is 11.1. The molecule has 2 atom stereocenters. The van der Waals surface area contributed by atoms with Gasteiger partial charge >= 0.3 is 0 Å². The number of Topliss-reactive ketones (excluding diaryl/α,β-unsaturated/α-hetero) is 2. The Hall–Kier alpha value is -1.98. The second kappa shape index (κ2) is 4.01. The number of fused-ring (bicyclic) bond motifs is 1. The van der Waals surface area contributed by atoms with Crippen LogP contribution in [0, 0.1) is 0 Å². The minimum Gasteiger partial charge on any atom is -0.480 e. The Labute approximate surface area is 115 Å². The summed E-state index contributed by atoms with van der Waals surface area (Å²) < 4.78 is 5.50. The van der Waals surface area contributed by atoms with E-state index in [0.717, 1.165) is 0 Å². The van der Waals surface area contributed by atoms with Crippen molar-refractivity contribution in [1.29, 1.82) is 0 Å². The predicted octanol–water partition coefficient (Wildman–Crippen LogP) is 0.850. The molecule has 1 aliphatic heterocycles. The van der Waals surface area contributed by atoms with Crippen molar-refractivity contribution in [2.24, 2.45) is 0 Å². The van der Waals surface area contributed by atoms with Gasteiger partial charge in [-0.2, -0.15) is 0 Å². The van der Waals surface area contributed by atoms with Gasteiger partial charge in [-0.15, -0.1) is 0 Å². The minimum absolute atomic E-state index is 0.152. The molecule has 2 N–H and O–H groups in total. The van der Waals surface area contributed by atoms with Crippen LogP contribution >= 0.6 is 0 Å². The zero-order chi connectivity index (χ0) is 14.7. The zero-order valence-corrected chi connectivity index (χ0v) is 11.1. The molecule has 1 heterocycles. The van der Waals surface area contributed by atoms with Gasteiger partial charge in [0.05, 0.1) is 5.57 Å². The highest BCUT2D eigenvalue weighted by Gasteiger charge is 2.49. The largest absolute Gasteiger partial charge is 0.480 e. The predicted molar refractivity (Wildman–Crippen MR) is 69.3 cm³/mol. The lowest BCUT2D eigenvalue weighted by Gasteiger charge is -2.41. The molecular weight excluding hydrogens is 260 g/mol. The molecule has 0 unspecified atom stereocenters. The first-order chi connectivity index (χ1) is 9.34. The number of hydrogen-bond donors (Lipinski definition) is 2. The molecule has 1 aliphatic carbocycles. The number of ketones is 2. The standard InChI is InChI=1S/C15H14O5/c1-15(2)14(19)12(18)9-10(16)7-5-3-4-6-8(7)11(17)13(9)20-15/h3-6,12,14,18-19H,1-2H3/t12-,14+/m1/s1. The fourth-order valence-electron chi connectivity index (χ4n) is 2.60. The van der Waals surface area contributed by atoms with Gasteiger partial charge in [0.25, 0.3) is 0 Å². The van der Waals surface area contributed by atoms with E-state index < -0.39 is 29.4 Å². The quantitative estimate of drug-likeness (QED) is 0.732. The Morgan fingerprint density at radius 1 is 1.05 bits per heavy atom. The van der Waals surface area contributed by atoms with E-state index in [-0.39, 0.29) is 22.5 Å². The van der Waals surface area contributed by atoms with Gasteiger partial charge in [0, 0.05) is 11.1 Å². The molecular formula is C15H14O5. The molecule has 0 radical (unpaired) electrons. The van der Waals surface area contributed by atoms with Crippen LogP contribution in [-0.2, 0) is 4.74 Å². The Bertz CT molecular complexity index is 656. The van der Waals surface area contributed by atoms with E-state index in [4.69, 9.17) is 4.74 Å². The molecule has 5 heteroatoms. The van der Waals surface area contributed by atoms with Crippen molar-refractivity contribution in [3.05, 3.63) is 46.7 Å². The maximum Gasteiger partial charge on any atom is 0.228 e. The van der Waals surface area contributed by atoms with Gasteiger partial charge in [-0.05, 0) is 13.8 Å². The van der Waals surface area contributed by atoms with E-state index in [0.29, 0.717) is 0 Å². The van der Waals surface area contributed by atoms with E-state index in [9.17, 15) is 19.8 Å². The van der Waals surface area contributed by atoms with Gasteiger partial charge in [0.1, 0.15) is 17.8 Å². The maximum atomic E-state index is 12.4. The van der Waals surface area contributed by atoms with Crippen molar-refractivity contribution in [2.45, 2.75) is 31.7 Å². The van der Waals surface area contributed by atoms with E-state index in [2.05, 4.69) is 0 Å². The Balaban J connectivity index is 2.22. The van der Waals surface area contributed by atoms with E-state index in [1.165, 1.54) is 6.07 Å². The molecule has 20 heavy (non-hydrogen) atoms. The second-order valence-electron chi connectivity index (χ2n) is 5.54. The SMILES string of the molecule is CC1(C)OC2=C(C(=O)c3ccccc3C2=O)[C@@H](O)[C@@H]1O. The van der Waals surface area contributed by atoms with Crippen molar-refractivity contribution < 1.29 is 24.5 Å². The number of aliphatic hydroxyl groups excluding tert-OH is 2. The summed E-state index contributed by atoms with van der Waals surface area (Å²) >= 11 is 0. The summed E-state index contributed by atoms with van der Waals surface area (Å²) in [6.45, 7) is 3.12. The van der Waals surface area contributed by atoms with Crippen LogP contribution in [-0.4, -0.2) is 39.6 Å². The number of aliphatic hydroxyl groups is 2. The smallest absolute Gasteiger partial charge is 0.228 e. The molecule has 0 fully saturated rings. The van der Waals surface area contributed by atoms with Crippen molar-refractivity contribution in [3.63, 3.8) is 0 Å². The van der Waals surface area contributed by atoms with Gasteiger partial charge < -0.3 is 14.9 Å². The summed E-state index contributed by atoms with van der Waals surface area (Å²) in [7, 11) is 0. The normalized spacial score (nSPS) is 27.8. The van der Waals surface area contributed by atoms with Crippen LogP contribution in [0.3, 0.4) is 0 Å². The fraction of sp³-hybridized carbons (Fsp3) is 0.333. The number of benzene rings is 1. The van der Waals surface area contributed by atoms with Crippen LogP contribution in [0.15, 0.2) is 35.6 Å². The molecule has 0 aromatic heterocycles. The average molecular weight is 274 g/mol. The monoisotopic (exact) mass is 274 g/mol. The van der Waals surface area contributed by atoms with Gasteiger partial charge in [0.2, 0.25) is 5.78 Å². The third-order valence-corrected chi connectivity index (χ3v) is 3.78.